The molecule has 1 atom stereocenters. The molecule has 0 bridgehead atoms. The van der Waals surface area contributed by atoms with Crippen molar-refractivity contribution < 1.29 is 13.9 Å². The van der Waals surface area contributed by atoms with Crippen LogP contribution in [0.1, 0.15) is 16.5 Å². The molecule has 0 N–H and O–H groups in total. The van der Waals surface area contributed by atoms with Crippen molar-refractivity contribution in [3.05, 3.63) is 102 Å². The van der Waals surface area contributed by atoms with Crippen molar-refractivity contribution in [2.75, 3.05) is 12.9 Å². The predicted octanol–water partition coefficient (Wildman–Crippen LogP) is 5.46. The number of thioether (sulfide) groups is 1. The summed E-state index contributed by atoms with van der Waals surface area (Å²) in [6, 6.07) is 24.0. The normalized spacial score (nSPS) is 15.8. The van der Waals surface area contributed by atoms with Gasteiger partial charge >= 0.3 is 0 Å². The Labute approximate surface area is 195 Å². The van der Waals surface area contributed by atoms with Gasteiger partial charge in [-0.3, -0.25) is 4.79 Å². The van der Waals surface area contributed by atoms with Gasteiger partial charge in [-0.2, -0.15) is 5.10 Å². The molecule has 0 saturated carbocycles. The molecule has 0 radical (unpaired) electrons. The van der Waals surface area contributed by atoms with Gasteiger partial charge in [0.05, 0.1) is 24.2 Å². The van der Waals surface area contributed by atoms with Crippen LogP contribution in [0.2, 0.25) is 0 Å². The molecule has 1 saturated heterocycles. The highest BCUT2D eigenvalue weighted by Gasteiger charge is 2.36. The molecule has 5 rings (SSSR count). The molecule has 0 unspecified atom stereocenters. The van der Waals surface area contributed by atoms with Gasteiger partial charge in [0.15, 0.2) is 0 Å². The van der Waals surface area contributed by atoms with E-state index in [4.69, 9.17) is 9.84 Å². The second kappa shape index (κ2) is 9.11. The summed E-state index contributed by atoms with van der Waals surface area (Å²) in [6.45, 7) is 0.412. The Bertz CT molecular complexity index is 1260. The zero-order valence-corrected chi connectivity index (χ0v) is 18.8. The zero-order chi connectivity index (χ0) is 22.8. The minimum Gasteiger partial charge on any atom is -0.497 e. The highest BCUT2D eigenvalue weighted by Crippen LogP contribution is 2.43. The summed E-state index contributed by atoms with van der Waals surface area (Å²) in [4.78, 5) is 14.7. The molecule has 7 heteroatoms. The van der Waals surface area contributed by atoms with E-state index in [0.717, 1.165) is 33.8 Å². The third kappa shape index (κ3) is 4.36. The number of carbonyl (C=O) groups is 1. The second-order valence-corrected chi connectivity index (χ2v) is 8.82. The lowest BCUT2D eigenvalue weighted by molar-refractivity contribution is -0.128. The number of hydrogen-bond acceptors (Lipinski definition) is 4. The molecule has 5 nitrogen and oxygen atoms in total. The summed E-state index contributed by atoms with van der Waals surface area (Å²) in [5, 5.41) is 4.71. The molecule has 1 fully saturated rings. The van der Waals surface area contributed by atoms with E-state index in [0.29, 0.717) is 12.3 Å². The van der Waals surface area contributed by atoms with Gasteiger partial charge in [0.1, 0.15) is 16.9 Å². The van der Waals surface area contributed by atoms with Crippen LogP contribution < -0.4 is 4.74 Å². The SMILES string of the molecule is COc1ccc(-c2nn(-c3ccccc3)cc2[C@H]2SCC(=O)N2Cc2ccc(F)cc2)cc1. The summed E-state index contributed by atoms with van der Waals surface area (Å²) in [6.07, 6.45) is 2.00. The maximum atomic E-state index is 13.4. The van der Waals surface area contributed by atoms with Gasteiger partial charge in [-0.05, 0) is 54.1 Å². The molecule has 166 valence electrons. The Hall–Kier alpha value is -3.58. The summed E-state index contributed by atoms with van der Waals surface area (Å²) in [7, 11) is 1.64. The van der Waals surface area contributed by atoms with Gasteiger partial charge in [-0.15, -0.1) is 11.8 Å². The fourth-order valence-corrected chi connectivity index (χ4v) is 5.11. The summed E-state index contributed by atoms with van der Waals surface area (Å²) < 4.78 is 20.5. The van der Waals surface area contributed by atoms with E-state index in [1.807, 2.05) is 70.4 Å². The number of ether oxygens (including phenoxy) is 1. The van der Waals surface area contributed by atoms with Gasteiger partial charge in [0.2, 0.25) is 5.91 Å². The first kappa shape index (κ1) is 21.3. The molecule has 1 aliphatic rings. The number of methoxy groups -OCH3 is 1. The number of nitrogens with zero attached hydrogens (tertiary/aromatic N) is 3. The molecule has 3 aromatic carbocycles. The Balaban J connectivity index is 1.56. The van der Waals surface area contributed by atoms with Crippen molar-refractivity contribution >= 4 is 17.7 Å². The van der Waals surface area contributed by atoms with Gasteiger partial charge in [0, 0.05) is 23.9 Å². The van der Waals surface area contributed by atoms with E-state index < -0.39 is 0 Å². The Morgan fingerprint density at radius 3 is 2.45 bits per heavy atom. The zero-order valence-electron chi connectivity index (χ0n) is 18.0. The molecule has 0 spiro atoms. The molecule has 4 aromatic rings. The van der Waals surface area contributed by atoms with E-state index in [1.165, 1.54) is 12.1 Å². The summed E-state index contributed by atoms with van der Waals surface area (Å²) >= 11 is 1.58. The molecular formula is C26H22FN3O2S. The van der Waals surface area contributed by atoms with Crippen LogP contribution in [-0.2, 0) is 11.3 Å². The predicted molar refractivity (Wildman–Crippen MR) is 128 cm³/mol. The van der Waals surface area contributed by atoms with Crippen LogP contribution in [0.3, 0.4) is 0 Å². The number of rotatable bonds is 6. The molecule has 1 amide bonds. The van der Waals surface area contributed by atoms with Crippen molar-refractivity contribution in [1.29, 1.82) is 0 Å². The fourth-order valence-electron chi connectivity index (χ4n) is 3.92. The Morgan fingerprint density at radius 1 is 1.03 bits per heavy atom. The van der Waals surface area contributed by atoms with E-state index in [2.05, 4.69) is 0 Å². The standard InChI is InChI=1S/C26H22FN3O2S/c1-32-22-13-9-19(10-14-22)25-23(16-30(28-25)21-5-3-2-4-6-21)26-29(24(31)17-33-26)15-18-7-11-20(27)12-8-18/h2-14,16,26H,15,17H2,1H3/t26-/m1/s1. The quantitative estimate of drug-likeness (QED) is 0.384. The van der Waals surface area contributed by atoms with E-state index >= 15 is 0 Å². The van der Waals surface area contributed by atoms with E-state index in [-0.39, 0.29) is 17.1 Å². The summed E-state index contributed by atoms with van der Waals surface area (Å²) in [5.74, 6) is 0.932. The number of benzene rings is 3. The number of aromatic nitrogens is 2. The van der Waals surface area contributed by atoms with Crippen LogP contribution in [0.5, 0.6) is 5.75 Å². The van der Waals surface area contributed by atoms with Crippen molar-refractivity contribution in [3.63, 3.8) is 0 Å². The van der Waals surface area contributed by atoms with Crippen LogP contribution in [0.25, 0.3) is 16.9 Å². The molecule has 2 heterocycles. The number of carbonyl (C=O) groups excluding carboxylic acids is 1. The van der Waals surface area contributed by atoms with Gasteiger partial charge in [-0.25, -0.2) is 9.07 Å². The first-order valence-corrected chi connectivity index (χ1v) is 11.6. The van der Waals surface area contributed by atoms with E-state index in [1.54, 1.807) is 31.0 Å². The lowest BCUT2D eigenvalue weighted by atomic mass is 10.1. The van der Waals surface area contributed by atoms with Crippen LogP contribution >= 0.6 is 11.8 Å². The van der Waals surface area contributed by atoms with Crippen LogP contribution in [0.15, 0.2) is 85.1 Å². The Kier molecular flexibility index (Phi) is 5.88. The van der Waals surface area contributed by atoms with Crippen LogP contribution in [0.4, 0.5) is 4.39 Å². The monoisotopic (exact) mass is 459 g/mol. The average Bonchev–Trinajstić information content (AvgIpc) is 3.45. The number of para-hydroxylation sites is 1. The number of amides is 1. The molecule has 1 aromatic heterocycles. The molecular weight excluding hydrogens is 437 g/mol. The van der Waals surface area contributed by atoms with E-state index in [9.17, 15) is 9.18 Å². The highest BCUT2D eigenvalue weighted by atomic mass is 32.2. The van der Waals surface area contributed by atoms with Gasteiger partial charge in [0.25, 0.3) is 0 Å². The van der Waals surface area contributed by atoms with Gasteiger partial charge in [-0.1, -0.05) is 30.3 Å². The maximum Gasteiger partial charge on any atom is 0.234 e. The van der Waals surface area contributed by atoms with Crippen molar-refractivity contribution in [3.8, 4) is 22.7 Å². The van der Waals surface area contributed by atoms with Gasteiger partial charge < -0.3 is 9.64 Å². The molecule has 33 heavy (non-hydrogen) atoms. The first-order valence-electron chi connectivity index (χ1n) is 10.6. The molecule has 1 aliphatic heterocycles. The first-order chi connectivity index (χ1) is 16.1. The number of hydrogen-bond donors (Lipinski definition) is 0. The van der Waals surface area contributed by atoms with Crippen molar-refractivity contribution in [2.24, 2.45) is 0 Å². The minimum absolute atomic E-state index is 0.0578. The topological polar surface area (TPSA) is 47.4 Å². The van der Waals surface area contributed by atoms with Crippen LogP contribution in [-0.4, -0.2) is 33.5 Å². The fraction of sp³-hybridized carbons (Fsp3) is 0.154. The average molecular weight is 460 g/mol. The lowest BCUT2D eigenvalue weighted by Crippen LogP contribution is -2.27. The Morgan fingerprint density at radius 2 is 1.76 bits per heavy atom. The minimum atomic E-state index is -0.289. The van der Waals surface area contributed by atoms with Crippen LogP contribution in [0, 0.1) is 5.82 Å². The second-order valence-electron chi connectivity index (χ2n) is 7.75. The number of halogens is 1. The third-order valence-electron chi connectivity index (χ3n) is 5.63. The molecule has 0 aliphatic carbocycles. The third-order valence-corrected chi connectivity index (χ3v) is 6.86. The van der Waals surface area contributed by atoms with Crippen molar-refractivity contribution in [1.82, 2.24) is 14.7 Å². The van der Waals surface area contributed by atoms with Crippen molar-refractivity contribution in [2.45, 2.75) is 11.9 Å². The summed E-state index contributed by atoms with van der Waals surface area (Å²) in [5.41, 5.74) is 4.55. The maximum absolute atomic E-state index is 13.4. The highest BCUT2D eigenvalue weighted by molar-refractivity contribution is 8.00. The lowest BCUT2D eigenvalue weighted by Gasteiger charge is -2.24. The largest absolute Gasteiger partial charge is 0.497 e. The smallest absolute Gasteiger partial charge is 0.234 e.